The van der Waals surface area contributed by atoms with E-state index in [9.17, 15) is 0 Å². The zero-order chi connectivity index (χ0) is 15.2. The summed E-state index contributed by atoms with van der Waals surface area (Å²) < 4.78 is 12.4. The summed E-state index contributed by atoms with van der Waals surface area (Å²) in [6, 6.07) is 9.96. The van der Waals surface area contributed by atoms with Crippen LogP contribution in [-0.4, -0.2) is 34.7 Å². The van der Waals surface area contributed by atoms with Gasteiger partial charge in [0.25, 0.3) is 0 Å². The molecule has 2 aromatic heterocycles. The number of fused-ring (bicyclic) bond motifs is 1. The first kappa shape index (κ1) is 14.9. The standard InChI is InChI=1S/C16H17N3O2S/c1-20-9-10-21-14-3-5-15(6-4-14)22-12-13-11-19-8-2-7-17-16(19)18-13/h2-8,11H,9-10,12H2,1H3. The Morgan fingerprint density at radius 2 is 2.05 bits per heavy atom. The molecule has 5 nitrogen and oxygen atoms in total. The molecule has 0 unspecified atom stereocenters. The van der Waals surface area contributed by atoms with Crippen molar-refractivity contribution in [3.63, 3.8) is 0 Å². The second kappa shape index (κ2) is 7.29. The van der Waals surface area contributed by atoms with Crippen molar-refractivity contribution in [2.24, 2.45) is 0 Å². The number of hydrogen-bond acceptors (Lipinski definition) is 5. The molecule has 0 bridgehead atoms. The second-order valence-corrected chi connectivity index (χ2v) is 5.71. The highest BCUT2D eigenvalue weighted by molar-refractivity contribution is 7.98. The second-order valence-electron chi connectivity index (χ2n) is 4.66. The smallest absolute Gasteiger partial charge is 0.233 e. The number of aromatic nitrogens is 3. The molecule has 0 atom stereocenters. The molecule has 0 N–H and O–H groups in total. The van der Waals surface area contributed by atoms with Crippen LogP contribution in [0.25, 0.3) is 5.78 Å². The molecule has 0 saturated carbocycles. The summed E-state index contributed by atoms with van der Waals surface area (Å²) in [6.07, 6.45) is 5.72. The van der Waals surface area contributed by atoms with Crippen LogP contribution < -0.4 is 4.74 Å². The zero-order valence-electron chi connectivity index (χ0n) is 12.3. The van der Waals surface area contributed by atoms with Gasteiger partial charge in [-0.2, -0.15) is 0 Å². The quantitative estimate of drug-likeness (QED) is 0.495. The molecule has 1 aromatic carbocycles. The van der Waals surface area contributed by atoms with Crippen molar-refractivity contribution in [3.05, 3.63) is 54.6 Å². The first-order chi connectivity index (χ1) is 10.8. The van der Waals surface area contributed by atoms with E-state index in [0.717, 1.165) is 23.0 Å². The van der Waals surface area contributed by atoms with E-state index in [1.165, 1.54) is 4.90 Å². The maximum Gasteiger partial charge on any atom is 0.233 e. The van der Waals surface area contributed by atoms with Gasteiger partial charge in [-0.3, -0.25) is 4.40 Å². The summed E-state index contributed by atoms with van der Waals surface area (Å²) in [4.78, 5) is 9.89. The van der Waals surface area contributed by atoms with Crippen molar-refractivity contribution >= 4 is 17.5 Å². The Morgan fingerprint density at radius 3 is 2.82 bits per heavy atom. The van der Waals surface area contributed by atoms with Crippen LogP contribution in [0.4, 0.5) is 0 Å². The van der Waals surface area contributed by atoms with Crippen molar-refractivity contribution < 1.29 is 9.47 Å². The van der Waals surface area contributed by atoms with E-state index in [0.29, 0.717) is 13.2 Å². The molecule has 0 fully saturated rings. The Hall–Kier alpha value is -2.05. The lowest BCUT2D eigenvalue weighted by Gasteiger charge is -2.06. The fourth-order valence-corrected chi connectivity index (χ4v) is 2.76. The average Bonchev–Trinajstić information content (AvgIpc) is 2.97. The number of thioether (sulfide) groups is 1. The lowest BCUT2D eigenvalue weighted by atomic mass is 10.3. The summed E-state index contributed by atoms with van der Waals surface area (Å²) in [5, 5.41) is 0. The lowest BCUT2D eigenvalue weighted by Crippen LogP contribution is -2.03. The molecule has 0 aliphatic heterocycles. The van der Waals surface area contributed by atoms with Gasteiger partial charge < -0.3 is 9.47 Å². The Bertz CT molecular complexity index is 695. The van der Waals surface area contributed by atoms with Crippen LogP contribution in [0.3, 0.4) is 0 Å². The highest BCUT2D eigenvalue weighted by Gasteiger charge is 2.03. The molecule has 114 valence electrons. The molecule has 0 amide bonds. The third-order valence-corrected chi connectivity index (χ3v) is 4.10. The van der Waals surface area contributed by atoms with Gasteiger partial charge in [-0.1, -0.05) is 0 Å². The number of ether oxygens (including phenoxy) is 2. The van der Waals surface area contributed by atoms with Gasteiger partial charge in [0.1, 0.15) is 12.4 Å². The summed E-state index contributed by atoms with van der Waals surface area (Å²) in [5.41, 5.74) is 1.02. The van der Waals surface area contributed by atoms with E-state index >= 15 is 0 Å². The van der Waals surface area contributed by atoms with Crippen LogP contribution in [0.5, 0.6) is 5.75 Å². The molecule has 0 spiro atoms. The normalized spacial score (nSPS) is 11.0. The third-order valence-electron chi connectivity index (χ3n) is 3.05. The average molecular weight is 315 g/mol. The fraction of sp³-hybridized carbons (Fsp3) is 0.250. The number of benzene rings is 1. The Labute approximate surface area is 133 Å². The lowest BCUT2D eigenvalue weighted by molar-refractivity contribution is 0.146. The van der Waals surface area contributed by atoms with Crippen LogP contribution in [0.2, 0.25) is 0 Å². The minimum absolute atomic E-state index is 0.567. The minimum atomic E-state index is 0.567. The van der Waals surface area contributed by atoms with Gasteiger partial charge in [-0.05, 0) is 30.3 Å². The van der Waals surface area contributed by atoms with Crippen LogP contribution in [-0.2, 0) is 10.5 Å². The van der Waals surface area contributed by atoms with Crippen molar-refractivity contribution in [1.29, 1.82) is 0 Å². The fourth-order valence-electron chi connectivity index (χ4n) is 1.98. The highest BCUT2D eigenvalue weighted by atomic mass is 32.2. The molecule has 3 rings (SSSR count). The van der Waals surface area contributed by atoms with Gasteiger partial charge in [0.15, 0.2) is 0 Å². The minimum Gasteiger partial charge on any atom is -0.491 e. The van der Waals surface area contributed by atoms with Gasteiger partial charge >= 0.3 is 0 Å². The molecular weight excluding hydrogens is 298 g/mol. The third kappa shape index (κ3) is 3.78. The monoisotopic (exact) mass is 315 g/mol. The van der Waals surface area contributed by atoms with Gasteiger partial charge in [0.05, 0.1) is 12.3 Å². The first-order valence-electron chi connectivity index (χ1n) is 6.98. The molecule has 22 heavy (non-hydrogen) atoms. The maximum atomic E-state index is 5.55. The van der Waals surface area contributed by atoms with Gasteiger partial charge in [0, 0.05) is 36.3 Å². The van der Waals surface area contributed by atoms with E-state index < -0.39 is 0 Å². The predicted octanol–water partition coefficient (Wildman–Crippen LogP) is 3.05. The number of hydrogen-bond donors (Lipinski definition) is 0. The molecule has 0 aliphatic carbocycles. The van der Waals surface area contributed by atoms with Crippen molar-refractivity contribution in [1.82, 2.24) is 14.4 Å². The number of nitrogens with zero attached hydrogens (tertiary/aromatic N) is 3. The van der Waals surface area contributed by atoms with Crippen LogP contribution >= 0.6 is 11.8 Å². The van der Waals surface area contributed by atoms with Gasteiger partial charge in [0.2, 0.25) is 5.78 Å². The molecule has 0 saturated heterocycles. The largest absolute Gasteiger partial charge is 0.491 e. The molecule has 0 radical (unpaired) electrons. The zero-order valence-corrected chi connectivity index (χ0v) is 13.1. The molecule has 3 aromatic rings. The summed E-state index contributed by atoms with van der Waals surface area (Å²) in [5.74, 6) is 2.41. The van der Waals surface area contributed by atoms with Gasteiger partial charge in [-0.15, -0.1) is 11.8 Å². The molecular formula is C16H17N3O2S. The molecule has 2 heterocycles. The number of rotatable bonds is 7. The van der Waals surface area contributed by atoms with E-state index in [2.05, 4.69) is 22.1 Å². The van der Waals surface area contributed by atoms with Crippen LogP contribution in [0.15, 0.2) is 53.8 Å². The highest BCUT2D eigenvalue weighted by Crippen LogP contribution is 2.24. The maximum absolute atomic E-state index is 5.55. The summed E-state index contributed by atoms with van der Waals surface area (Å²) in [7, 11) is 1.66. The van der Waals surface area contributed by atoms with Gasteiger partial charge in [-0.25, -0.2) is 9.97 Å². The topological polar surface area (TPSA) is 48.7 Å². The Balaban J connectivity index is 1.56. The SMILES string of the molecule is COCCOc1ccc(SCc2cn3cccnc3n2)cc1. The number of imidazole rings is 1. The van der Waals surface area contributed by atoms with E-state index in [1.807, 2.05) is 35.0 Å². The van der Waals surface area contributed by atoms with E-state index in [-0.39, 0.29) is 0 Å². The van der Waals surface area contributed by atoms with E-state index in [1.54, 1.807) is 25.1 Å². The summed E-state index contributed by atoms with van der Waals surface area (Å²) in [6.45, 7) is 1.16. The molecule has 6 heteroatoms. The van der Waals surface area contributed by atoms with Crippen molar-refractivity contribution in [2.45, 2.75) is 10.6 Å². The predicted molar refractivity (Wildman–Crippen MR) is 86.4 cm³/mol. The summed E-state index contributed by atoms with van der Waals surface area (Å²) >= 11 is 1.74. The Morgan fingerprint density at radius 1 is 1.18 bits per heavy atom. The van der Waals surface area contributed by atoms with Crippen molar-refractivity contribution in [3.8, 4) is 5.75 Å². The van der Waals surface area contributed by atoms with Crippen LogP contribution in [0, 0.1) is 0 Å². The van der Waals surface area contributed by atoms with Crippen LogP contribution in [0.1, 0.15) is 5.69 Å². The molecule has 0 aliphatic rings. The Kier molecular flexibility index (Phi) is 4.92. The first-order valence-corrected chi connectivity index (χ1v) is 7.97. The van der Waals surface area contributed by atoms with E-state index in [4.69, 9.17) is 9.47 Å². The van der Waals surface area contributed by atoms with Crippen molar-refractivity contribution in [2.75, 3.05) is 20.3 Å². The number of methoxy groups -OCH3 is 1.